The number of thiophene rings is 1. The van der Waals surface area contributed by atoms with Gasteiger partial charge in [0.15, 0.2) is 0 Å². The number of carbonyl (C=O) groups excluding carboxylic acids is 1. The van der Waals surface area contributed by atoms with Crippen LogP contribution in [0, 0.1) is 6.92 Å². The number of nitrogens with one attached hydrogen (secondary N) is 1. The lowest BCUT2D eigenvalue weighted by molar-refractivity contribution is -0.114. The van der Waals surface area contributed by atoms with Crippen molar-refractivity contribution < 1.29 is 13.2 Å². The number of sulfonamides is 1. The zero-order valence-electron chi connectivity index (χ0n) is 16.9. The van der Waals surface area contributed by atoms with Crippen LogP contribution >= 0.6 is 34.5 Å². The quantitative estimate of drug-likeness (QED) is 0.333. The van der Waals surface area contributed by atoms with Gasteiger partial charge in [-0.2, -0.15) is 0 Å². The van der Waals surface area contributed by atoms with Gasteiger partial charge in [0, 0.05) is 24.2 Å². The first kappa shape index (κ1) is 22.6. The number of aryl methyl sites for hydroxylation is 1. The van der Waals surface area contributed by atoms with Crippen molar-refractivity contribution in [3.8, 4) is 0 Å². The predicted octanol–water partition coefficient (Wildman–Crippen LogP) is 5.88. The molecule has 0 saturated heterocycles. The van der Waals surface area contributed by atoms with Crippen LogP contribution in [-0.2, 0) is 21.4 Å². The molecule has 0 unspecified atom stereocenters. The molecule has 9 heteroatoms. The van der Waals surface area contributed by atoms with Gasteiger partial charge in [-0.1, -0.05) is 53.5 Å². The molecule has 5 nitrogen and oxygen atoms in total. The van der Waals surface area contributed by atoms with E-state index in [0.29, 0.717) is 16.6 Å². The molecule has 0 aliphatic rings. The van der Waals surface area contributed by atoms with Gasteiger partial charge >= 0.3 is 0 Å². The lowest BCUT2D eigenvalue weighted by Crippen LogP contribution is -2.28. The van der Waals surface area contributed by atoms with E-state index in [1.54, 1.807) is 23.6 Å². The molecule has 0 radical (unpaired) electrons. The Morgan fingerprint density at radius 3 is 2.66 bits per heavy atom. The number of aromatic nitrogens is 1. The fraction of sp³-hybridized carbons (Fsp3) is 0.0870. The van der Waals surface area contributed by atoms with E-state index >= 15 is 0 Å². The summed E-state index contributed by atoms with van der Waals surface area (Å²) in [6.07, 6.45) is 4.88. The largest absolute Gasteiger partial charge is 0.342 e. The minimum atomic E-state index is -3.88. The Hall–Kier alpha value is -2.58. The average molecular weight is 505 g/mol. The summed E-state index contributed by atoms with van der Waals surface area (Å²) in [5.41, 5.74) is 3.79. The van der Waals surface area contributed by atoms with Crippen molar-refractivity contribution in [2.75, 3.05) is 0 Å². The molecule has 2 aromatic heterocycles. The van der Waals surface area contributed by atoms with Crippen molar-refractivity contribution in [3.05, 3.63) is 92.9 Å². The Balaban J connectivity index is 1.64. The van der Waals surface area contributed by atoms with Gasteiger partial charge in [-0.05, 0) is 53.3 Å². The average Bonchev–Trinajstić information content (AvgIpc) is 3.39. The number of para-hydroxylation sites is 1. The Labute approximate surface area is 200 Å². The minimum absolute atomic E-state index is 0.0903. The molecular formula is C23H18Cl2N2O3S2. The summed E-state index contributed by atoms with van der Waals surface area (Å²) in [6, 6.07) is 14.4. The van der Waals surface area contributed by atoms with Gasteiger partial charge in [-0.25, -0.2) is 13.1 Å². The summed E-state index contributed by atoms with van der Waals surface area (Å²) in [5.74, 6) is -0.713. The first-order valence-corrected chi connectivity index (χ1v) is 12.7. The summed E-state index contributed by atoms with van der Waals surface area (Å²) in [6.45, 7) is 2.58. The zero-order valence-corrected chi connectivity index (χ0v) is 20.0. The maximum absolute atomic E-state index is 12.3. The van der Waals surface area contributed by atoms with E-state index in [0.717, 1.165) is 38.9 Å². The van der Waals surface area contributed by atoms with Crippen LogP contribution in [0.25, 0.3) is 17.0 Å². The molecule has 0 spiro atoms. The number of benzene rings is 2. The van der Waals surface area contributed by atoms with E-state index in [2.05, 4.69) is 9.29 Å². The fourth-order valence-electron chi connectivity index (χ4n) is 3.46. The topological polar surface area (TPSA) is 68.2 Å². The molecule has 2 heterocycles. The van der Waals surface area contributed by atoms with Crippen LogP contribution in [-0.4, -0.2) is 18.9 Å². The minimum Gasteiger partial charge on any atom is -0.342 e. The highest BCUT2D eigenvalue weighted by Crippen LogP contribution is 2.28. The third kappa shape index (κ3) is 4.76. The third-order valence-corrected chi connectivity index (χ3v) is 8.36. The Kier molecular flexibility index (Phi) is 6.44. The number of carbonyl (C=O) groups is 1. The van der Waals surface area contributed by atoms with Gasteiger partial charge in [0.05, 0.1) is 15.6 Å². The standard InChI is InChI=1S/C23H18Cl2N2O3S2/c1-15-13-27(14-16-7-9-19(24)20(25)12-16)23-17(4-2-5-18(15)23)8-10-21(28)26-32(29,30)22-6-3-11-31-22/h2-13H,14H2,1H3,(H,26,28)/b10-8+. The van der Waals surface area contributed by atoms with Crippen molar-refractivity contribution in [1.82, 2.24) is 9.29 Å². The number of halogens is 2. The Morgan fingerprint density at radius 1 is 1.12 bits per heavy atom. The van der Waals surface area contributed by atoms with E-state index in [1.807, 2.05) is 43.5 Å². The number of nitrogens with zero attached hydrogens (tertiary/aromatic N) is 1. The molecule has 0 aliphatic carbocycles. The van der Waals surface area contributed by atoms with E-state index in [9.17, 15) is 13.2 Å². The second kappa shape index (κ2) is 9.11. The van der Waals surface area contributed by atoms with E-state index in [1.165, 1.54) is 12.1 Å². The van der Waals surface area contributed by atoms with E-state index in [-0.39, 0.29) is 4.21 Å². The summed E-state index contributed by atoms with van der Waals surface area (Å²) in [4.78, 5) is 12.3. The van der Waals surface area contributed by atoms with Gasteiger partial charge < -0.3 is 4.57 Å². The molecule has 0 saturated carbocycles. The maximum Gasteiger partial charge on any atom is 0.273 e. The highest BCUT2D eigenvalue weighted by atomic mass is 35.5. The van der Waals surface area contributed by atoms with Gasteiger partial charge in [-0.3, -0.25) is 4.79 Å². The van der Waals surface area contributed by atoms with Gasteiger partial charge in [0.25, 0.3) is 15.9 Å². The molecule has 0 bridgehead atoms. The lowest BCUT2D eigenvalue weighted by Gasteiger charge is -2.09. The molecule has 32 heavy (non-hydrogen) atoms. The smallest absolute Gasteiger partial charge is 0.273 e. The number of rotatable bonds is 6. The van der Waals surface area contributed by atoms with Crippen LogP contribution in [0.4, 0.5) is 0 Å². The lowest BCUT2D eigenvalue weighted by atomic mass is 10.1. The normalized spacial score (nSPS) is 12.0. The van der Waals surface area contributed by atoms with Crippen molar-refractivity contribution in [2.45, 2.75) is 17.7 Å². The summed E-state index contributed by atoms with van der Waals surface area (Å²) < 4.78 is 28.8. The Morgan fingerprint density at radius 2 is 1.94 bits per heavy atom. The summed E-state index contributed by atoms with van der Waals surface area (Å²) >= 11 is 13.2. The SMILES string of the molecule is Cc1cn(Cc2ccc(Cl)c(Cl)c2)c2c(/C=C/C(=O)NS(=O)(=O)c3cccs3)cccc12. The summed E-state index contributed by atoms with van der Waals surface area (Å²) in [7, 11) is -3.88. The zero-order chi connectivity index (χ0) is 22.9. The second-order valence-electron chi connectivity index (χ2n) is 7.17. The van der Waals surface area contributed by atoms with Crippen LogP contribution in [0.15, 0.2) is 70.4 Å². The van der Waals surface area contributed by atoms with E-state index in [4.69, 9.17) is 23.2 Å². The number of hydrogen-bond donors (Lipinski definition) is 1. The molecule has 4 aromatic rings. The van der Waals surface area contributed by atoms with Crippen LogP contribution in [0.5, 0.6) is 0 Å². The molecule has 1 N–H and O–H groups in total. The molecule has 2 aromatic carbocycles. The van der Waals surface area contributed by atoms with Gasteiger partial charge in [0.2, 0.25) is 0 Å². The second-order valence-corrected chi connectivity index (χ2v) is 10.8. The molecule has 1 amide bonds. The van der Waals surface area contributed by atoms with Crippen molar-refractivity contribution >= 4 is 67.4 Å². The van der Waals surface area contributed by atoms with Gasteiger partial charge in [0.1, 0.15) is 4.21 Å². The van der Waals surface area contributed by atoms with Crippen LogP contribution in [0.3, 0.4) is 0 Å². The monoisotopic (exact) mass is 504 g/mol. The van der Waals surface area contributed by atoms with Crippen LogP contribution in [0.2, 0.25) is 10.0 Å². The predicted molar refractivity (Wildman–Crippen MR) is 131 cm³/mol. The molecular weight excluding hydrogens is 487 g/mol. The highest BCUT2D eigenvalue weighted by molar-refractivity contribution is 7.92. The number of amides is 1. The molecule has 0 atom stereocenters. The first-order chi connectivity index (χ1) is 15.2. The molecule has 0 fully saturated rings. The van der Waals surface area contributed by atoms with Crippen molar-refractivity contribution in [2.24, 2.45) is 0 Å². The highest BCUT2D eigenvalue weighted by Gasteiger charge is 2.17. The van der Waals surface area contributed by atoms with E-state index < -0.39 is 15.9 Å². The number of fused-ring (bicyclic) bond motifs is 1. The third-order valence-electron chi connectivity index (χ3n) is 4.87. The molecule has 0 aliphatic heterocycles. The van der Waals surface area contributed by atoms with Crippen molar-refractivity contribution in [1.29, 1.82) is 0 Å². The van der Waals surface area contributed by atoms with Gasteiger partial charge in [-0.15, -0.1) is 11.3 Å². The molecule has 4 rings (SSSR count). The summed E-state index contributed by atoms with van der Waals surface area (Å²) in [5, 5.41) is 3.66. The number of hydrogen-bond acceptors (Lipinski definition) is 4. The molecule has 164 valence electrons. The fourth-order valence-corrected chi connectivity index (χ4v) is 5.72. The van der Waals surface area contributed by atoms with Crippen LogP contribution in [0.1, 0.15) is 16.7 Å². The Bertz CT molecular complexity index is 1440. The van der Waals surface area contributed by atoms with Crippen molar-refractivity contribution in [3.63, 3.8) is 0 Å². The van der Waals surface area contributed by atoms with Crippen LogP contribution < -0.4 is 4.72 Å². The maximum atomic E-state index is 12.3. The first-order valence-electron chi connectivity index (χ1n) is 9.55.